The Hall–Kier alpha value is -0.510. The molecule has 0 aliphatic carbocycles. The van der Waals surface area contributed by atoms with Gasteiger partial charge >= 0.3 is 0 Å². The van der Waals surface area contributed by atoms with Crippen molar-refractivity contribution in [3.05, 3.63) is 34.3 Å². The third-order valence-electron chi connectivity index (χ3n) is 1.47. The van der Waals surface area contributed by atoms with Gasteiger partial charge in [-0.3, -0.25) is 0 Å². The lowest BCUT2D eigenvalue weighted by Crippen LogP contribution is -1.68. The average Bonchev–Trinajstić information content (AvgIpc) is 2.36. The van der Waals surface area contributed by atoms with Crippen LogP contribution in [0.5, 0.6) is 0 Å². The van der Waals surface area contributed by atoms with Crippen molar-refractivity contribution >= 4 is 33.4 Å². The maximum atomic E-state index is 5.04. The highest BCUT2D eigenvalue weighted by atomic mass is 127. The number of rotatable bonds is 0. The molecule has 0 spiro atoms. The molecule has 0 atom stereocenters. The predicted octanol–water partition coefficient (Wildman–Crippen LogP) is 3.04. The first kappa shape index (κ1) is 6.22. The lowest BCUT2D eigenvalue weighted by atomic mass is 10.2. The Kier molecular flexibility index (Phi) is 1.41. The lowest BCUT2D eigenvalue weighted by Gasteiger charge is -1.88. The van der Waals surface area contributed by atoms with Gasteiger partial charge < -0.3 is 4.42 Å². The fraction of sp³-hybridized carbons (Fsp3) is 0. The van der Waals surface area contributed by atoms with E-state index in [0.29, 0.717) is 0 Å². The monoisotopic (exact) mass is 244 g/mol. The van der Waals surface area contributed by atoms with E-state index in [2.05, 4.69) is 28.7 Å². The molecule has 1 heterocycles. The van der Waals surface area contributed by atoms with Gasteiger partial charge in [0, 0.05) is 14.3 Å². The molecular formula is C8H5IO. The van der Waals surface area contributed by atoms with Gasteiger partial charge in [0.25, 0.3) is 0 Å². The summed E-state index contributed by atoms with van der Waals surface area (Å²) in [4.78, 5) is 0. The second kappa shape index (κ2) is 2.27. The number of furan rings is 1. The molecule has 1 aromatic carbocycles. The zero-order valence-corrected chi connectivity index (χ0v) is 7.33. The fourth-order valence-corrected chi connectivity index (χ4v) is 1.60. The van der Waals surface area contributed by atoms with Crippen LogP contribution in [0.3, 0.4) is 0 Å². The maximum absolute atomic E-state index is 5.04. The van der Waals surface area contributed by atoms with Crippen molar-refractivity contribution in [2.45, 2.75) is 0 Å². The Morgan fingerprint density at radius 1 is 1.20 bits per heavy atom. The topological polar surface area (TPSA) is 13.1 Å². The van der Waals surface area contributed by atoms with Gasteiger partial charge in [-0.25, -0.2) is 0 Å². The van der Waals surface area contributed by atoms with Crippen LogP contribution >= 0.6 is 22.6 Å². The molecule has 50 valence electrons. The van der Waals surface area contributed by atoms with Gasteiger partial charge in [0.15, 0.2) is 0 Å². The van der Waals surface area contributed by atoms with Crippen molar-refractivity contribution in [1.29, 1.82) is 0 Å². The van der Waals surface area contributed by atoms with Crippen LogP contribution in [0.1, 0.15) is 0 Å². The minimum atomic E-state index is 1.17. The van der Waals surface area contributed by atoms with Crippen molar-refractivity contribution in [2.24, 2.45) is 0 Å². The summed E-state index contributed by atoms with van der Waals surface area (Å²) in [7, 11) is 0. The second-order valence-electron chi connectivity index (χ2n) is 2.11. The first-order chi connectivity index (χ1) is 4.88. The van der Waals surface area contributed by atoms with E-state index in [1.807, 2.05) is 12.1 Å². The quantitative estimate of drug-likeness (QED) is 0.649. The number of fused-ring (bicyclic) bond motifs is 1. The minimum Gasteiger partial charge on any atom is -0.471 e. The smallest absolute Gasteiger partial charge is 0.0991 e. The molecule has 1 nitrogen and oxygen atoms in total. The number of benzene rings is 1. The summed E-state index contributed by atoms with van der Waals surface area (Å²) in [5.41, 5.74) is 0. The Morgan fingerprint density at radius 2 is 2.10 bits per heavy atom. The van der Waals surface area contributed by atoms with Crippen LogP contribution in [0, 0.1) is 3.57 Å². The predicted molar refractivity (Wildman–Crippen MR) is 48.9 cm³/mol. The number of hydrogen-bond acceptors (Lipinski definition) is 1. The highest BCUT2D eigenvalue weighted by Gasteiger charge is 1.97. The molecule has 2 aromatic rings. The van der Waals surface area contributed by atoms with E-state index in [9.17, 15) is 0 Å². The minimum absolute atomic E-state index is 1.17. The van der Waals surface area contributed by atoms with Crippen LogP contribution < -0.4 is 0 Å². The molecule has 1 aromatic heterocycles. The van der Waals surface area contributed by atoms with Gasteiger partial charge in [0.2, 0.25) is 0 Å². The molecule has 10 heavy (non-hydrogen) atoms. The molecule has 0 amide bonds. The van der Waals surface area contributed by atoms with E-state index >= 15 is 0 Å². The molecule has 0 aliphatic heterocycles. The summed E-state index contributed by atoms with van der Waals surface area (Å²) in [5, 5.41) is 2.37. The Bertz CT molecular complexity index is 351. The van der Waals surface area contributed by atoms with Crippen LogP contribution in [0.25, 0.3) is 10.8 Å². The molecule has 0 unspecified atom stereocenters. The van der Waals surface area contributed by atoms with Crippen LogP contribution in [-0.4, -0.2) is 0 Å². The lowest BCUT2D eigenvalue weighted by molar-refractivity contribution is 0.572. The first-order valence-electron chi connectivity index (χ1n) is 2.98. The molecule has 0 saturated heterocycles. The Labute approximate surface area is 72.2 Å². The van der Waals surface area contributed by atoms with Gasteiger partial charge in [0.1, 0.15) is 0 Å². The van der Waals surface area contributed by atoms with Gasteiger partial charge in [-0.2, -0.15) is 0 Å². The molecule has 0 fully saturated rings. The SMILES string of the molecule is Ic1cccc2cocc12. The number of hydrogen-bond donors (Lipinski definition) is 0. The zero-order chi connectivity index (χ0) is 6.97. The molecule has 0 aliphatic rings. The second-order valence-corrected chi connectivity index (χ2v) is 3.28. The van der Waals surface area contributed by atoms with Crippen LogP contribution in [-0.2, 0) is 0 Å². The average molecular weight is 244 g/mol. The summed E-state index contributed by atoms with van der Waals surface area (Å²) in [6.45, 7) is 0. The van der Waals surface area contributed by atoms with Crippen molar-refractivity contribution in [2.75, 3.05) is 0 Å². The van der Waals surface area contributed by atoms with Crippen LogP contribution in [0.4, 0.5) is 0 Å². The molecule has 0 radical (unpaired) electrons. The van der Waals surface area contributed by atoms with Gasteiger partial charge in [-0.15, -0.1) is 0 Å². The van der Waals surface area contributed by atoms with E-state index in [1.165, 1.54) is 14.3 Å². The summed E-state index contributed by atoms with van der Waals surface area (Å²) < 4.78 is 6.28. The van der Waals surface area contributed by atoms with Crippen LogP contribution in [0.15, 0.2) is 35.1 Å². The third kappa shape index (κ3) is 0.831. The van der Waals surface area contributed by atoms with Crippen LogP contribution in [0.2, 0.25) is 0 Å². The van der Waals surface area contributed by atoms with Gasteiger partial charge in [0.05, 0.1) is 12.5 Å². The van der Waals surface area contributed by atoms with Crippen molar-refractivity contribution < 1.29 is 4.42 Å². The van der Waals surface area contributed by atoms with Crippen molar-refractivity contribution in [3.8, 4) is 0 Å². The number of halogens is 1. The summed E-state index contributed by atoms with van der Waals surface area (Å²) in [6, 6.07) is 6.14. The van der Waals surface area contributed by atoms with E-state index < -0.39 is 0 Å². The van der Waals surface area contributed by atoms with Crippen molar-refractivity contribution in [1.82, 2.24) is 0 Å². The van der Waals surface area contributed by atoms with E-state index in [4.69, 9.17) is 4.42 Å². The largest absolute Gasteiger partial charge is 0.471 e. The summed E-state index contributed by atoms with van der Waals surface area (Å²) in [5.74, 6) is 0. The zero-order valence-electron chi connectivity index (χ0n) is 5.17. The molecule has 2 heteroatoms. The van der Waals surface area contributed by atoms with E-state index in [-0.39, 0.29) is 0 Å². The molecule has 0 saturated carbocycles. The normalized spacial score (nSPS) is 10.5. The Morgan fingerprint density at radius 3 is 2.90 bits per heavy atom. The standard InChI is InChI=1S/C8H5IO/c9-8-3-1-2-6-4-10-5-7(6)8/h1-5H. The van der Waals surface area contributed by atoms with Crippen molar-refractivity contribution in [3.63, 3.8) is 0 Å². The summed E-state index contributed by atoms with van der Waals surface area (Å²) >= 11 is 2.29. The molecule has 0 bridgehead atoms. The van der Waals surface area contributed by atoms with E-state index in [1.54, 1.807) is 12.5 Å². The maximum Gasteiger partial charge on any atom is 0.0991 e. The molecular weight excluding hydrogens is 239 g/mol. The highest BCUT2D eigenvalue weighted by molar-refractivity contribution is 14.1. The Balaban J connectivity index is 2.95. The molecule has 2 rings (SSSR count). The molecule has 0 N–H and O–H groups in total. The van der Waals surface area contributed by atoms with Gasteiger partial charge in [-0.1, -0.05) is 12.1 Å². The summed E-state index contributed by atoms with van der Waals surface area (Å²) in [6.07, 6.45) is 3.54. The fourth-order valence-electron chi connectivity index (χ4n) is 0.956. The van der Waals surface area contributed by atoms with E-state index in [0.717, 1.165) is 0 Å². The third-order valence-corrected chi connectivity index (χ3v) is 2.41. The highest BCUT2D eigenvalue weighted by Crippen LogP contribution is 2.20. The van der Waals surface area contributed by atoms with Gasteiger partial charge in [-0.05, 0) is 28.7 Å². The first-order valence-corrected chi connectivity index (χ1v) is 4.06.